The zero-order valence-electron chi connectivity index (χ0n) is 12.1. The second-order valence-electron chi connectivity index (χ2n) is 5.40. The fourth-order valence-corrected chi connectivity index (χ4v) is 3.73. The van der Waals surface area contributed by atoms with Gasteiger partial charge in [0, 0.05) is 18.5 Å². The van der Waals surface area contributed by atoms with Crippen LogP contribution < -0.4 is 5.32 Å². The third-order valence-electron chi connectivity index (χ3n) is 3.84. The summed E-state index contributed by atoms with van der Waals surface area (Å²) < 4.78 is 4.83. The van der Waals surface area contributed by atoms with E-state index in [0.29, 0.717) is 0 Å². The Labute approximate surface area is 124 Å². The first kappa shape index (κ1) is 15.5. The molecule has 2 unspecified atom stereocenters. The predicted molar refractivity (Wildman–Crippen MR) is 80.3 cm³/mol. The van der Waals surface area contributed by atoms with Crippen LogP contribution in [0.5, 0.6) is 0 Å². The monoisotopic (exact) mass is 297 g/mol. The number of aryl methyl sites for hydroxylation is 1. The number of amides is 1. The van der Waals surface area contributed by atoms with Gasteiger partial charge < -0.3 is 15.2 Å². The molecule has 5 heteroatoms. The molecule has 1 heterocycles. The number of aliphatic hydroxyl groups excluding tert-OH is 1. The lowest BCUT2D eigenvalue weighted by Gasteiger charge is -2.19. The number of rotatable bonds is 6. The Balaban J connectivity index is 1.93. The number of ether oxygens (including phenoxy) is 1. The maximum atomic E-state index is 12.1. The van der Waals surface area contributed by atoms with Crippen LogP contribution in [-0.4, -0.2) is 37.4 Å². The first-order valence-corrected chi connectivity index (χ1v) is 8.02. The molecule has 0 saturated heterocycles. The summed E-state index contributed by atoms with van der Waals surface area (Å²) in [6.45, 7) is 2.69. The molecule has 2 rings (SSSR count). The molecule has 0 aliphatic heterocycles. The molecule has 0 bridgehead atoms. The van der Waals surface area contributed by atoms with Gasteiger partial charge in [-0.05, 0) is 36.8 Å². The first-order valence-electron chi connectivity index (χ1n) is 7.20. The van der Waals surface area contributed by atoms with Gasteiger partial charge in [-0.2, -0.15) is 0 Å². The molecule has 112 valence electrons. The van der Waals surface area contributed by atoms with E-state index in [-0.39, 0.29) is 19.1 Å². The Kier molecular flexibility index (Phi) is 5.57. The Hall–Kier alpha value is -0.910. The van der Waals surface area contributed by atoms with Gasteiger partial charge in [0.15, 0.2) is 0 Å². The third kappa shape index (κ3) is 3.81. The third-order valence-corrected chi connectivity index (χ3v) is 5.08. The van der Waals surface area contributed by atoms with Crippen LogP contribution in [0, 0.1) is 5.92 Å². The smallest absolute Gasteiger partial charge is 0.261 e. The quantitative estimate of drug-likeness (QED) is 0.844. The van der Waals surface area contributed by atoms with Gasteiger partial charge in [-0.25, -0.2) is 0 Å². The predicted octanol–water partition coefficient (Wildman–Crippen LogP) is 2.00. The van der Waals surface area contributed by atoms with Crippen molar-refractivity contribution in [1.82, 2.24) is 5.32 Å². The molecular formula is C15H23NO3S. The van der Waals surface area contributed by atoms with Crippen molar-refractivity contribution in [2.45, 2.75) is 38.7 Å². The van der Waals surface area contributed by atoms with Gasteiger partial charge in [-0.1, -0.05) is 13.3 Å². The van der Waals surface area contributed by atoms with Crippen LogP contribution in [0.4, 0.5) is 0 Å². The average molecular weight is 297 g/mol. The van der Waals surface area contributed by atoms with Gasteiger partial charge in [0.05, 0.1) is 17.6 Å². The highest BCUT2D eigenvalue weighted by atomic mass is 32.1. The fourth-order valence-electron chi connectivity index (χ4n) is 2.61. The zero-order valence-corrected chi connectivity index (χ0v) is 13.0. The molecule has 2 N–H and O–H groups in total. The molecule has 0 saturated carbocycles. The van der Waals surface area contributed by atoms with Crippen molar-refractivity contribution in [1.29, 1.82) is 0 Å². The standard InChI is InChI=1S/C15H23NO3S/c1-3-10-4-5-13-11(6-10)7-14(20-13)15(18)16-8-12(17)9-19-2/h7,10,12,17H,3-6,8-9H2,1-2H3,(H,16,18). The number of fused-ring (bicyclic) bond motifs is 1. The highest BCUT2D eigenvalue weighted by Crippen LogP contribution is 2.33. The van der Waals surface area contributed by atoms with E-state index in [0.717, 1.165) is 23.6 Å². The van der Waals surface area contributed by atoms with E-state index in [2.05, 4.69) is 12.2 Å². The minimum Gasteiger partial charge on any atom is -0.389 e. The second kappa shape index (κ2) is 7.20. The summed E-state index contributed by atoms with van der Waals surface area (Å²) >= 11 is 1.60. The summed E-state index contributed by atoms with van der Waals surface area (Å²) in [6.07, 6.45) is 3.99. The molecule has 20 heavy (non-hydrogen) atoms. The Bertz CT molecular complexity index is 458. The summed E-state index contributed by atoms with van der Waals surface area (Å²) in [6, 6.07) is 2.03. The molecule has 1 aliphatic rings. The SMILES string of the molecule is CCC1CCc2sc(C(=O)NCC(O)COC)cc2C1. The van der Waals surface area contributed by atoms with E-state index < -0.39 is 6.10 Å². The minimum atomic E-state index is -0.650. The highest BCUT2D eigenvalue weighted by Gasteiger charge is 2.22. The van der Waals surface area contributed by atoms with Crippen LogP contribution in [0.15, 0.2) is 6.07 Å². The molecule has 0 radical (unpaired) electrons. The van der Waals surface area contributed by atoms with Gasteiger partial charge >= 0.3 is 0 Å². The Morgan fingerprint density at radius 1 is 1.65 bits per heavy atom. The molecule has 0 aromatic carbocycles. The summed E-state index contributed by atoms with van der Waals surface area (Å²) in [7, 11) is 1.53. The maximum absolute atomic E-state index is 12.1. The average Bonchev–Trinajstić information content (AvgIpc) is 2.87. The number of carbonyl (C=O) groups is 1. The van der Waals surface area contributed by atoms with Crippen LogP contribution in [-0.2, 0) is 17.6 Å². The van der Waals surface area contributed by atoms with Gasteiger partial charge in [0.1, 0.15) is 0 Å². The molecule has 2 atom stereocenters. The van der Waals surface area contributed by atoms with Crippen LogP contribution in [0.25, 0.3) is 0 Å². The van der Waals surface area contributed by atoms with E-state index >= 15 is 0 Å². The largest absolute Gasteiger partial charge is 0.389 e. The Morgan fingerprint density at radius 2 is 2.45 bits per heavy atom. The summed E-state index contributed by atoms with van der Waals surface area (Å²) in [5.74, 6) is 0.670. The number of hydrogen-bond donors (Lipinski definition) is 2. The number of aliphatic hydroxyl groups is 1. The van der Waals surface area contributed by atoms with E-state index in [1.807, 2.05) is 6.07 Å². The molecule has 4 nitrogen and oxygen atoms in total. The minimum absolute atomic E-state index is 0.0902. The van der Waals surface area contributed by atoms with E-state index in [4.69, 9.17) is 4.74 Å². The summed E-state index contributed by atoms with van der Waals surface area (Å²) in [4.78, 5) is 14.2. The highest BCUT2D eigenvalue weighted by molar-refractivity contribution is 7.14. The molecule has 0 fully saturated rings. The van der Waals surface area contributed by atoms with E-state index in [1.165, 1.54) is 30.4 Å². The topological polar surface area (TPSA) is 58.6 Å². The van der Waals surface area contributed by atoms with Crippen molar-refractivity contribution in [2.24, 2.45) is 5.92 Å². The van der Waals surface area contributed by atoms with Gasteiger partial charge in [0.25, 0.3) is 5.91 Å². The Morgan fingerprint density at radius 3 is 3.15 bits per heavy atom. The lowest BCUT2D eigenvalue weighted by atomic mass is 9.87. The molecule has 1 aromatic heterocycles. The number of thiophene rings is 1. The van der Waals surface area contributed by atoms with Crippen molar-refractivity contribution < 1.29 is 14.6 Å². The molecule has 1 aliphatic carbocycles. The summed E-state index contributed by atoms with van der Waals surface area (Å²) in [5, 5.41) is 12.3. The van der Waals surface area contributed by atoms with Crippen LogP contribution in [0.3, 0.4) is 0 Å². The number of nitrogens with one attached hydrogen (secondary N) is 1. The summed E-state index contributed by atoms with van der Waals surface area (Å²) in [5.41, 5.74) is 1.34. The van der Waals surface area contributed by atoms with E-state index in [1.54, 1.807) is 11.3 Å². The van der Waals surface area contributed by atoms with Gasteiger partial charge in [0.2, 0.25) is 0 Å². The van der Waals surface area contributed by atoms with Crippen molar-refractivity contribution in [3.8, 4) is 0 Å². The van der Waals surface area contributed by atoms with Crippen LogP contribution in [0.2, 0.25) is 0 Å². The number of carbonyl (C=O) groups excluding carboxylic acids is 1. The van der Waals surface area contributed by atoms with Crippen LogP contribution in [0.1, 0.15) is 39.9 Å². The number of methoxy groups -OCH3 is 1. The van der Waals surface area contributed by atoms with Crippen molar-refractivity contribution >= 4 is 17.2 Å². The normalized spacial score (nSPS) is 19.4. The van der Waals surface area contributed by atoms with Crippen molar-refractivity contribution in [3.05, 3.63) is 21.4 Å². The molecular weight excluding hydrogens is 274 g/mol. The lowest BCUT2D eigenvalue weighted by molar-refractivity contribution is 0.0611. The van der Waals surface area contributed by atoms with Crippen molar-refractivity contribution in [2.75, 3.05) is 20.3 Å². The zero-order chi connectivity index (χ0) is 14.5. The van der Waals surface area contributed by atoms with E-state index in [9.17, 15) is 9.90 Å². The molecule has 1 aromatic rings. The molecule has 0 spiro atoms. The van der Waals surface area contributed by atoms with Crippen LogP contribution >= 0.6 is 11.3 Å². The maximum Gasteiger partial charge on any atom is 0.261 e. The number of hydrogen-bond acceptors (Lipinski definition) is 4. The van der Waals surface area contributed by atoms with Gasteiger partial charge in [-0.3, -0.25) is 4.79 Å². The van der Waals surface area contributed by atoms with Gasteiger partial charge in [-0.15, -0.1) is 11.3 Å². The first-order chi connectivity index (χ1) is 9.63. The fraction of sp³-hybridized carbons (Fsp3) is 0.667. The second-order valence-corrected chi connectivity index (χ2v) is 6.53. The lowest BCUT2D eigenvalue weighted by Crippen LogP contribution is -2.33. The molecule has 1 amide bonds. The van der Waals surface area contributed by atoms with Crippen molar-refractivity contribution in [3.63, 3.8) is 0 Å².